The average Bonchev–Trinajstić information content (AvgIpc) is 2.71. The van der Waals surface area contributed by atoms with Gasteiger partial charge in [-0.05, 0) is 56.9 Å². The van der Waals surface area contributed by atoms with Crippen LogP contribution in [0.2, 0.25) is 5.02 Å². The summed E-state index contributed by atoms with van der Waals surface area (Å²) in [7, 11) is 0. The Kier molecular flexibility index (Phi) is 3.28. The number of benzene rings is 1. The summed E-state index contributed by atoms with van der Waals surface area (Å²) in [6.07, 6.45) is 1.75. The molecule has 0 aliphatic carbocycles. The maximum atomic E-state index is 12.5. The third kappa shape index (κ3) is 2.24. The van der Waals surface area contributed by atoms with Crippen molar-refractivity contribution in [1.29, 1.82) is 0 Å². The molecular weight excluding hydrogens is 236 g/mol. The van der Waals surface area contributed by atoms with Gasteiger partial charge < -0.3 is 4.74 Å². The van der Waals surface area contributed by atoms with Crippen LogP contribution in [0.1, 0.15) is 41.3 Å². The molecule has 92 valence electrons. The molecule has 1 aromatic carbocycles. The molecule has 1 atom stereocenters. The topological polar surface area (TPSA) is 26.3 Å². The van der Waals surface area contributed by atoms with Gasteiger partial charge in [0.2, 0.25) is 0 Å². The minimum absolute atomic E-state index is 0.0762. The van der Waals surface area contributed by atoms with E-state index < -0.39 is 5.60 Å². The van der Waals surface area contributed by atoms with E-state index in [-0.39, 0.29) is 5.78 Å². The van der Waals surface area contributed by atoms with Gasteiger partial charge in [-0.15, -0.1) is 0 Å². The summed E-state index contributed by atoms with van der Waals surface area (Å²) in [5.74, 6) is 0.0762. The number of Topliss-reactive ketones (excluding diaryl/α,β-unsaturated/α-hetero) is 1. The molecule has 2 nitrogen and oxygen atoms in total. The minimum Gasteiger partial charge on any atom is -0.367 e. The lowest BCUT2D eigenvalue weighted by Gasteiger charge is -2.22. The molecule has 0 N–H and O–H groups in total. The van der Waals surface area contributed by atoms with Crippen molar-refractivity contribution in [2.45, 2.75) is 39.2 Å². The predicted octanol–water partition coefficient (Wildman–Crippen LogP) is 3.71. The normalized spacial score (nSPS) is 24.0. The first-order valence-corrected chi connectivity index (χ1v) is 6.27. The molecule has 1 unspecified atom stereocenters. The zero-order chi connectivity index (χ0) is 12.6. The van der Waals surface area contributed by atoms with Gasteiger partial charge in [0.1, 0.15) is 5.60 Å². The van der Waals surface area contributed by atoms with Crippen molar-refractivity contribution in [3.05, 3.63) is 33.8 Å². The van der Waals surface area contributed by atoms with E-state index >= 15 is 0 Å². The summed E-state index contributed by atoms with van der Waals surface area (Å²) in [5, 5.41) is 0.705. The third-order valence-electron chi connectivity index (χ3n) is 3.45. The third-order valence-corrected chi connectivity index (χ3v) is 3.86. The Morgan fingerprint density at radius 3 is 2.65 bits per heavy atom. The first kappa shape index (κ1) is 12.6. The summed E-state index contributed by atoms with van der Waals surface area (Å²) in [6, 6.07) is 3.72. The molecule has 1 aliphatic rings. The number of rotatable bonds is 2. The van der Waals surface area contributed by atoms with E-state index in [1.54, 1.807) is 0 Å². The van der Waals surface area contributed by atoms with E-state index in [1.807, 2.05) is 32.9 Å². The molecule has 3 heteroatoms. The van der Waals surface area contributed by atoms with Crippen LogP contribution in [0.15, 0.2) is 12.1 Å². The average molecular weight is 253 g/mol. The molecule has 0 saturated carbocycles. The molecule has 0 aromatic heterocycles. The number of hydrogen-bond donors (Lipinski definition) is 0. The monoisotopic (exact) mass is 252 g/mol. The molecule has 1 aliphatic heterocycles. The maximum Gasteiger partial charge on any atom is 0.194 e. The van der Waals surface area contributed by atoms with Crippen molar-refractivity contribution >= 4 is 17.4 Å². The van der Waals surface area contributed by atoms with Crippen LogP contribution in [0.25, 0.3) is 0 Å². The van der Waals surface area contributed by atoms with Gasteiger partial charge in [-0.1, -0.05) is 11.6 Å². The Morgan fingerprint density at radius 1 is 1.35 bits per heavy atom. The van der Waals surface area contributed by atoms with E-state index in [9.17, 15) is 4.79 Å². The van der Waals surface area contributed by atoms with E-state index in [1.165, 1.54) is 0 Å². The fraction of sp³-hybridized carbons (Fsp3) is 0.500. The van der Waals surface area contributed by atoms with Crippen LogP contribution in [0, 0.1) is 13.8 Å². The molecule has 1 heterocycles. The van der Waals surface area contributed by atoms with Gasteiger partial charge in [0.15, 0.2) is 5.78 Å². The molecule has 0 spiro atoms. The van der Waals surface area contributed by atoms with Crippen LogP contribution < -0.4 is 0 Å². The van der Waals surface area contributed by atoms with E-state index in [0.29, 0.717) is 11.6 Å². The molecule has 1 aromatic rings. The largest absolute Gasteiger partial charge is 0.367 e. The summed E-state index contributed by atoms with van der Waals surface area (Å²) < 4.78 is 5.60. The standard InChI is InChI=1S/C14H17ClO2/c1-9-8-12(15)10(2)7-11(9)13(16)14(3)5-4-6-17-14/h7-8H,4-6H2,1-3H3. The lowest BCUT2D eigenvalue weighted by atomic mass is 9.89. The lowest BCUT2D eigenvalue weighted by Crippen LogP contribution is -2.34. The highest BCUT2D eigenvalue weighted by Crippen LogP contribution is 2.31. The van der Waals surface area contributed by atoms with Gasteiger partial charge in [0.05, 0.1) is 0 Å². The van der Waals surface area contributed by atoms with Crippen molar-refractivity contribution in [3.8, 4) is 0 Å². The van der Waals surface area contributed by atoms with Crippen LogP contribution >= 0.6 is 11.6 Å². The highest BCUT2D eigenvalue weighted by molar-refractivity contribution is 6.31. The second-order valence-corrected chi connectivity index (χ2v) is 5.34. The molecule has 2 rings (SSSR count). The summed E-state index contributed by atoms with van der Waals surface area (Å²) in [5.41, 5.74) is 1.94. The summed E-state index contributed by atoms with van der Waals surface area (Å²) in [4.78, 5) is 12.5. The number of carbonyl (C=O) groups excluding carboxylic acids is 1. The molecule has 0 amide bonds. The lowest BCUT2D eigenvalue weighted by molar-refractivity contribution is 0.0213. The van der Waals surface area contributed by atoms with Crippen LogP contribution in [-0.4, -0.2) is 18.0 Å². The summed E-state index contributed by atoms with van der Waals surface area (Å²) >= 11 is 6.04. The van der Waals surface area contributed by atoms with Gasteiger partial charge in [0, 0.05) is 17.2 Å². The highest BCUT2D eigenvalue weighted by Gasteiger charge is 2.38. The summed E-state index contributed by atoms with van der Waals surface area (Å²) in [6.45, 7) is 6.38. The Hall–Kier alpha value is -0.860. The van der Waals surface area contributed by atoms with Crippen LogP contribution in [0.4, 0.5) is 0 Å². The van der Waals surface area contributed by atoms with Gasteiger partial charge in [-0.2, -0.15) is 0 Å². The molecular formula is C14H17ClO2. The number of ether oxygens (including phenoxy) is 1. The predicted molar refractivity (Wildman–Crippen MR) is 68.8 cm³/mol. The van der Waals surface area contributed by atoms with Crippen molar-refractivity contribution in [2.75, 3.05) is 6.61 Å². The number of aryl methyl sites for hydroxylation is 2. The fourth-order valence-corrected chi connectivity index (χ4v) is 2.49. The number of hydrogen-bond acceptors (Lipinski definition) is 2. The Balaban J connectivity index is 2.40. The molecule has 1 saturated heterocycles. The minimum atomic E-state index is -0.648. The van der Waals surface area contributed by atoms with E-state index in [4.69, 9.17) is 16.3 Å². The molecule has 1 fully saturated rings. The zero-order valence-corrected chi connectivity index (χ0v) is 11.2. The van der Waals surface area contributed by atoms with E-state index in [0.717, 1.165) is 29.5 Å². The van der Waals surface area contributed by atoms with Crippen LogP contribution in [0.3, 0.4) is 0 Å². The first-order chi connectivity index (χ1) is 7.94. The van der Waals surface area contributed by atoms with Crippen molar-refractivity contribution < 1.29 is 9.53 Å². The molecule has 0 radical (unpaired) electrons. The highest BCUT2D eigenvalue weighted by atomic mass is 35.5. The fourth-order valence-electron chi connectivity index (χ4n) is 2.27. The second-order valence-electron chi connectivity index (χ2n) is 4.93. The molecule has 17 heavy (non-hydrogen) atoms. The van der Waals surface area contributed by atoms with Crippen LogP contribution in [0.5, 0.6) is 0 Å². The van der Waals surface area contributed by atoms with Gasteiger partial charge in [-0.3, -0.25) is 4.79 Å². The smallest absolute Gasteiger partial charge is 0.194 e. The number of halogens is 1. The van der Waals surface area contributed by atoms with E-state index in [2.05, 4.69) is 0 Å². The van der Waals surface area contributed by atoms with Crippen molar-refractivity contribution in [2.24, 2.45) is 0 Å². The quantitative estimate of drug-likeness (QED) is 0.750. The SMILES string of the molecule is Cc1cc(C(=O)C2(C)CCCO2)c(C)cc1Cl. The van der Waals surface area contributed by atoms with Gasteiger partial charge in [0.25, 0.3) is 0 Å². The van der Waals surface area contributed by atoms with Crippen molar-refractivity contribution in [1.82, 2.24) is 0 Å². The number of ketones is 1. The molecule has 0 bridgehead atoms. The Morgan fingerprint density at radius 2 is 2.06 bits per heavy atom. The second kappa shape index (κ2) is 4.43. The van der Waals surface area contributed by atoms with Gasteiger partial charge >= 0.3 is 0 Å². The Labute approximate surface area is 107 Å². The zero-order valence-electron chi connectivity index (χ0n) is 10.5. The number of carbonyl (C=O) groups is 1. The van der Waals surface area contributed by atoms with Crippen LogP contribution in [-0.2, 0) is 4.74 Å². The Bertz CT molecular complexity index is 460. The first-order valence-electron chi connectivity index (χ1n) is 5.89. The van der Waals surface area contributed by atoms with Crippen molar-refractivity contribution in [3.63, 3.8) is 0 Å². The van der Waals surface area contributed by atoms with Gasteiger partial charge in [-0.25, -0.2) is 0 Å². The maximum absolute atomic E-state index is 12.5.